The maximum Gasteiger partial charge on any atom is 0.102 e. The summed E-state index contributed by atoms with van der Waals surface area (Å²) in [6.45, 7) is 2.16. The van der Waals surface area contributed by atoms with Crippen LogP contribution in [-0.4, -0.2) is 9.78 Å². The summed E-state index contributed by atoms with van der Waals surface area (Å²) >= 11 is 3.52. The van der Waals surface area contributed by atoms with Crippen LogP contribution in [0.5, 0.6) is 0 Å². The molecule has 1 unspecified atom stereocenters. The van der Waals surface area contributed by atoms with E-state index in [-0.39, 0.29) is 5.54 Å². The molecule has 0 bridgehead atoms. The molecule has 4 heteroatoms. The van der Waals surface area contributed by atoms with Crippen LogP contribution in [0.2, 0.25) is 0 Å². The molecule has 0 aliphatic carbocycles. The van der Waals surface area contributed by atoms with Gasteiger partial charge in [-0.25, -0.2) is 4.68 Å². The van der Waals surface area contributed by atoms with E-state index in [1.54, 1.807) is 0 Å². The van der Waals surface area contributed by atoms with Crippen LogP contribution < -0.4 is 5.32 Å². The summed E-state index contributed by atoms with van der Waals surface area (Å²) in [5, 5.41) is 7.70. The molecule has 0 amide bonds. The van der Waals surface area contributed by atoms with Crippen LogP contribution in [0.15, 0.2) is 47.2 Å². The highest BCUT2D eigenvalue weighted by Crippen LogP contribution is 2.32. The fourth-order valence-electron chi connectivity index (χ4n) is 2.21. The van der Waals surface area contributed by atoms with Crippen LogP contribution in [0.25, 0.3) is 6.20 Å². The summed E-state index contributed by atoms with van der Waals surface area (Å²) in [6.07, 6.45) is 5.68. The Balaban J connectivity index is 2.17. The molecule has 0 fully saturated rings. The lowest BCUT2D eigenvalue weighted by Gasteiger charge is -2.33. The molecule has 1 aromatic heterocycles. The molecule has 17 heavy (non-hydrogen) atoms. The lowest BCUT2D eigenvalue weighted by Crippen LogP contribution is -2.41. The molecule has 2 heterocycles. The summed E-state index contributed by atoms with van der Waals surface area (Å²) in [5.74, 6) is 0. The largest absolute Gasteiger partial charge is 0.375 e. The lowest BCUT2D eigenvalue weighted by molar-refractivity contribution is 0.467. The van der Waals surface area contributed by atoms with Crippen LogP contribution in [0.4, 0.5) is 0 Å². The highest BCUT2D eigenvalue weighted by molar-refractivity contribution is 9.10. The monoisotopic (exact) mass is 289 g/mol. The second kappa shape index (κ2) is 3.74. The first-order valence-electron chi connectivity index (χ1n) is 5.44. The van der Waals surface area contributed by atoms with E-state index in [2.05, 4.69) is 45.4 Å². The molecule has 0 saturated carbocycles. The summed E-state index contributed by atoms with van der Waals surface area (Å²) in [7, 11) is 0. The van der Waals surface area contributed by atoms with E-state index in [1.807, 2.05) is 41.5 Å². The Labute approximate surface area is 108 Å². The fourth-order valence-corrected chi connectivity index (χ4v) is 2.61. The smallest absolute Gasteiger partial charge is 0.102 e. The number of hydrogen-bond donors (Lipinski definition) is 1. The predicted octanol–water partition coefficient (Wildman–Crippen LogP) is 2.94. The van der Waals surface area contributed by atoms with Crippen molar-refractivity contribution in [2.24, 2.45) is 0 Å². The molecule has 1 N–H and O–H groups in total. The van der Waals surface area contributed by atoms with Gasteiger partial charge in [-0.05, 0) is 30.7 Å². The van der Waals surface area contributed by atoms with Gasteiger partial charge in [0.05, 0.1) is 5.69 Å². The maximum atomic E-state index is 4.28. The van der Waals surface area contributed by atoms with Gasteiger partial charge in [-0.3, -0.25) is 0 Å². The van der Waals surface area contributed by atoms with Crippen molar-refractivity contribution in [2.45, 2.75) is 12.5 Å². The zero-order chi connectivity index (χ0) is 11.9. The molecule has 1 atom stereocenters. The van der Waals surface area contributed by atoms with Crippen molar-refractivity contribution in [3.63, 3.8) is 0 Å². The van der Waals surface area contributed by atoms with E-state index < -0.39 is 0 Å². The van der Waals surface area contributed by atoms with Crippen molar-refractivity contribution < 1.29 is 0 Å². The molecule has 1 aliphatic heterocycles. The van der Waals surface area contributed by atoms with Gasteiger partial charge in [-0.2, -0.15) is 5.10 Å². The number of nitrogens with zero attached hydrogens (tertiary/aromatic N) is 2. The van der Waals surface area contributed by atoms with Gasteiger partial charge in [0.1, 0.15) is 5.54 Å². The minimum atomic E-state index is -0.241. The van der Waals surface area contributed by atoms with Crippen LogP contribution in [0.3, 0.4) is 0 Å². The zero-order valence-corrected chi connectivity index (χ0v) is 11.0. The molecule has 0 spiro atoms. The third-order valence-corrected chi connectivity index (χ3v) is 3.67. The van der Waals surface area contributed by atoms with Crippen molar-refractivity contribution in [3.05, 3.63) is 58.5 Å². The first-order valence-corrected chi connectivity index (χ1v) is 6.24. The van der Waals surface area contributed by atoms with Crippen LogP contribution >= 0.6 is 15.9 Å². The number of aromatic nitrogens is 2. The van der Waals surface area contributed by atoms with Crippen LogP contribution in [0.1, 0.15) is 18.2 Å². The molecular formula is C13H12BrN3. The van der Waals surface area contributed by atoms with E-state index in [4.69, 9.17) is 0 Å². The van der Waals surface area contributed by atoms with Crippen molar-refractivity contribution >= 4 is 22.1 Å². The van der Waals surface area contributed by atoms with E-state index in [0.29, 0.717) is 0 Å². The number of benzene rings is 1. The van der Waals surface area contributed by atoms with E-state index in [0.717, 1.165) is 10.2 Å². The highest BCUT2D eigenvalue weighted by Gasteiger charge is 2.32. The summed E-state index contributed by atoms with van der Waals surface area (Å²) in [5.41, 5.74) is 2.10. The summed E-state index contributed by atoms with van der Waals surface area (Å²) in [6, 6.07) is 10.4. The molecule has 1 aliphatic rings. The van der Waals surface area contributed by atoms with Gasteiger partial charge in [0.2, 0.25) is 0 Å². The van der Waals surface area contributed by atoms with Crippen LogP contribution in [0, 0.1) is 0 Å². The Kier molecular flexibility index (Phi) is 2.33. The van der Waals surface area contributed by atoms with Gasteiger partial charge in [0.15, 0.2) is 0 Å². The maximum absolute atomic E-state index is 4.28. The highest BCUT2D eigenvalue weighted by atomic mass is 79.9. The zero-order valence-electron chi connectivity index (χ0n) is 9.39. The number of halogens is 1. The Morgan fingerprint density at radius 3 is 3.06 bits per heavy atom. The Bertz CT molecular complexity index is 588. The minimum Gasteiger partial charge on any atom is -0.375 e. The Morgan fingerprint density at radius 1 is 1.35 bits per heavy atom. The number of fused-ring (bicyclic) bond motifs is 1. The van der Waals surface area contributed by atoms with E-state index in [1.165, 1.54) is 5.56 Å². The van der Waals surface area contributed by atoms with E-state index >= 15 is 0 Å². The Hall–Kier alpha value is -1.55. The first kappa shape index (κ1) is 10.6. The second-order valence-electron chi connectivity index (χ2n) is 4.26. The van der Waals surface area contributed by atoms with Crippen molar-refractivity contribution in [1.82, 2.24) is 15.1 Å². The SMILES string of the molecule is CC1(c2cccc(Br)c2)NC=Cn2nccc21. The average Bonchev–Trinajstić information content (AvgIpc) is 2.79. The van der Waals surface area contributed by atoms with E-state index in [9.17, 15) is 0 Å². The Morgan fingerprint density at radius 2 is 2.24 bits per heavy atom. The number of nitrogens with one attached hydrogen (secondary N) is 1. The fraction of sp³-hybridized carbons (Fsp3) is 0.154. The topological polar surface area (TPSA) is 29.9 Å². The number of hydrogen-bond acceptors (Lipinski definition) is 2. The molecule has 1 aromatic carbocycles. The summed E-state index contributed by atoms with van der Waals surface area (Å²) < 4.78 is 2.98. The molecule has 0 radical (unpaired) electrons. The lowest BCUT2D eigenvalue weighted by atomic mass is 9.88. The van der Waals surface area contributed by atoms with Gasteiger partial charge in [-0.1, -0.05) is 28.1 Å². The standard InChI is InChI=1S/C13H12BrN3/c1-13(10-3-2-4-11(14)9-10)12-5-6-16-17(12)8-7-15-13/h2-9,15H,1H3. The number of rotatable bonds is 1. The van der Waals surface area contributed by atoms with Gasteiger partial charge in [-0.15, -0.1) is 0 Å². The first-order chi connectivity index (χ1) is 8.20. The van der Waals surface area contributed by atoms with Gasteiger partial charge in [0.25, 0.3) is 0 Å². The quantitative estimate of drug-likeness (QED) is 0.875. The molecule has 3 nitrogen and oxygen atoms in total. The molecule has 2 aromatic rings. The van der Waals surface area contributed by atoms with Crippen molar-refractivity contribution in [3.8, 4) is 0 Å². The van der Waals surface area contributed by atoms with Crippen molar-refractivity contribution in [2.75, 3.05) is 0 Å². The van der Waals surface area contributed by atoms with Gasteiger partial charge in [0, 0.05) is 23.1 Å². The predicted molar refractivity (Wildman–Crippen MR) is 71.3 cm³/mol. The third-order valence-electron chi connectivity index (χ3n) is 3.17. The molecule has 0 saturated heterocycles. The second-order valence-corrected chi connectivity index (χ2v) is 5.17. The molecule has 86 valence electrons. The summed E-state index contributed by atoms with van der Waals surface area (Å²) in [4.78, 5) is 0. The van der Waals surface area contributed by atoms with Gasteiger partial charge < -0.3 is 5.32 Å². The van der Waals surface area contributed by atoms with Crippen molar-refractivity contribution in [1.29, 1.82) is 0 Å². The molecule has 3 rings (SSSR count). The van der Waals surface area contributed by atoms with Gasteiger partial charge >= 0.3 is 0 Å². The minimum absolute atomic E-state index is 0.241. The average molecular weight is 290 g/mol. The third kappa shape index (κ3) is 1.60. The molecular weight excluding hydrogens is 278 g/mol. The van der Waals surface area contributed by atoms with Crippen LogP contribution in [-0.2, 0) is 5.54 Å². The normalized spacial score (nSPS) is 22.0.